The summed E-state index contributed by atoms with van der Waals surface area (Å²) in [6, 6.07) is 17.7. The summed E-state index contributed by atoms with van der Waals surface area (Å²) >= 11 is 12.6. The largest absolute Gasteiger partial charge is 0.323 e. The summed E-state index contributed by atoms with van der Waals surface area (Å²) in [5.41, 5.74) is 5.78. The molecule has 0 spiro atoms. The molecule has 0 atom stereocenters. The van der Waals surface area contributed by atoms with E-state index in [-0.39, 0.29) is 11.5 Å². The summed E-state index contributed by atoms with van der Waals surface area (Å²) < 4.78 is 1.79. The van der Waals surface area contributed by atoms with E-state index in [1.165, 1.54) is 6.21 Å². The number of imidazole rings is 1. The Hall–Kier alpha value is -4.14. The van der Waals surface area contributed by atoms with Crippen LogP contribution in [-0.2, 0) is 7.05 Å². The maximum atomic E-state index is 13.2. The van der Waals surface area contributed by atoms with Gasteiger partial charge in [-0.1, -0.05) is 53.5 Å². The highest BCUT2D eigenvalue weighted by Gasteiger charge is 2.17. The van der Waals surface area contributed by atoms with E-state index < -0.39 is 0 Å². The third-order valence-corrected chi connectivity index (χ3v) is 6.54. The molecule has 2 aromatic heterocycles. The Labute approximate surface area is 215 Å². The van der Waals surface area contributed by atoms with Gasteiger partial charge in [-0.15, -0.1) is 0 Å². The molecule has 2 heterocycles. The van der Waals surface area contributed by atoms with Gasteiger partial charge in [0.1, 0.15) is 0 Å². The van der Waals surface area contributed by atoms with Crippen LogP contribution in [0.2, 0.25) is 10.0 Å². The van der Waals surface area contributed by atoms with Gasteiger partial charge in [0.05, 0.1) is 44.1 Å². The van der Waals surface area contributed by atoms with Crippen LogP contribution < -0.4 is 16.3 Å². The van der Waals surface area contributed by atoms with Crippen molar-refractivity contribution >= 4 is 68.8 Å². The molecule has 3 aromatic carbocycles. The topological polar surface area (TPSA) is 104 Å². The number of nitrogens with zero attached hydrogens (tertiary/aromatic N) is 3. The number of nitrogens with one attached hydrogen (secondary N) is 3. The number of pyridine rings is 1. The standard InChI is InChI=1S/C26H20Cl2N6O2/c1-14-16-11-12-19-23(34(2)26(31-19)32-22-17(27)9-6-10-18(22)28)21(16)25(36)30-20(14)13-29-33-24(35)15-7-4-3-5-8-15/h3-13H,1-2H3,(H,30,36)(H,31,32)(H,33,35). The molecule has 0 aliphatic heterocycles. The number of aromatic amines is 1. The van der Waals surface area contributed by atoms with Crippen LogP contribution in [0.3, 0.4) is 0 Å². The van der Waals surface area contributed by atoms with Gasteiger partial charge >= 0.3 is 0 Å². The maximum Gasteiger partial charge on any atom is 0.271 e. The average Bonchev–Trinajstić information content (AvgIpc) is 3.19. The van der Waals surface area contributed by atoms with E-state index in [2.05, 4.69) is 25.8 Å². The molecule has 0 unspecified atom stereocenters. The van der Waals surface area contributed by atoms with Gasteiger partial charge in [0, 0.05) is 12.6 Å². The number of hydrogen-bond donors (Lipinski definition) is 3. The van der Waals surface area contributed by atoms with Crippen molar-refractivity contribution in [1.29, 1.82) is 0 Å². The molecule has 0 radical (unpaired) electrons. The predicted octanol–water partition coefficient (Wildman–Crippen LogP) is 5.54. The number of carbonyl (C=O) groups excluding carboxylic acids is 1. The number of fused-ring (bicyclic) bond motifs is 3. The van der Waals surface area contributed by atoms with Gasteiger partial charge in [0.2, 0.25) is 5.95 Å². The number of hydrogen-bond acceptors (Lipinski definition) is 5. The van der Waals surface area contributed by atoms with Crippen molar-refractivity contribution in [2.24, 2.45) is 12.1 Å². The van der Waals surface area contributed by atoms with Crippen molar-refractivity contribution in [2.45, 2.75) is 6.92 Å². The Morgan fingerprint density at radius 3 is 2.50 bits per heavy atom. The molecule has 0 aliphatic carbocycles. The Morgan fingerprint density at radius 1 is 1.06 bits per heavy atom. The van der Waals surface area contributed by atoms with Gasteiger partial charge in [0.25, 0.3) is 11.5 Å². The molecule has 0 aliphatic rings. The summed E-state index contributed by atoms with van der Waals surface area (Å²) in [6.07, 6.45) is 1.43. The molecule has 0 saturated heterocycles. The van der Waals surface area contributed by atoms with Gasteiger partial charge in [-0.25, -0.2) is 10.4 Å². The first-order valence-corrected chi connectivity index (χ1v) is 11.7. The first-order chi connectivity index (χ1) is 17.3. The highest BCUT2D eigenvalue weighted by atomic mass is 35.5. The van der Waals surface area contributed by atoms with Gasteiger partial charge in [-0.2, -0.15) is 5.10 Å². The van der Waals surface area contributed by atoms with Crippen LogP contribution >= 0.6 is 23.2 Å². The molecule has 10 heteroatoms. The number of benzene rings is 3. The maximum absolute atomic E-state index is 13.2. The Morgan fingerprint density at radius 2 is 1.78 bits per heavy atom. The van der Waals surface area contributed by atoms with Crippen LogP contribution in [-0.4, -0.2) is 26.7 Å². The summed E-state index contributed by atoms with van der Waals surface area (Å²) in [6.45, 7) is 1.88. The predicted molar refractivity (Wildman–Crippen MR) is 145 cm³/mol. The zero-order valence-corrected chi connectivity index (χ0v) is 20.8. The molecule has 0 bridgehead atoms. The SMILES string of the molecule is Cc1c(C=NNC(=O)c2ccccc2)[nH]c(=O)c2c1ccc1nc(Nc3c(Cl)cccc3Cl)n(C)c12. The Bertz CT molecular complexity index is 1700. The zero-order chi connectivity index (χ0) is 25.4. The van der Waals surface area contributed by atoms with Crippen molar-refractivity contribution in [2.75, 3.05) is 5.32 Å². The van der Waals surface area contributed by atoms with Crippen LogP contribution in [0, 0.1) is 6.92 Å². The third kappa shape index (κ3) is 4.21. The molecular weight excluding hydrogens is 499 g/mol. The molecule has 1 amide bonds. The highest BCUT2D eigenvalue weighted by molar-refractivity contribution is 6.39. The van der Waals surface area contributed by atoms with Gasteiger partial charge in [-0.05, 0) is 48.2 Å². The molecule has 8 nitrogen and oxygen atoms in total. The Balaban J connectivity index is 1.53. The van der Waals surface area contributed by atoms with E-state index in [1.807, 2.05) is 32.2 Å². The monoisotopic (exact) mass is 518 g/mol. The van der Waals surface area contributed by atoms with Crippen molar-refractivity contribution in [3.63, 3.8) is 0 Å². The van der Waals surface area contributed by atoms with Crippen LogP contribution in [0.4, 0.5) is 11.6 Å². The van der Waals surface area contributed by atoms with Crippen molar-refractivity contribution in [3.8, 4) is 0 Å². The van der Waals surface area contributed by atoms with Crippen LogP contribution in [0.25, 0.3) is 21.8 Å². The number of anilines is 2. The second-order valence-electron chi connectivity index (χ2n) is 8.13. The number of halogens is 2. The number of rotatable bonds is 5. The number of aryl methyl sites for hydroxylation is 2. The number of hydrazone groups is 1. The fourth-order valence-corrected chi connectivity index (χ4v) is 4.54. The molecule has 0 saturated carbocycles. The fourth-order valence-electron chi connectivity index (χ4n) is 4.05. The molecule has 180 valence electrons. The normalized spacial score (nSPS) is 11.4. The van der Waals surface area contributed by atoms with Gasteiger partial charge in [0.15, 0.2) is 0 Å². The van der Waals surface area contributed by atoms with Gasteiger partial charge < -0.3 is 14.9 Å². The molecule has 36 heavy (non-hydrogen) atoms. The first-order valence-electron chi connectivity index (χ1n) is 11.0. The minimum atomic E-state index is -0.345. The lowest BCUT2D eigenvalue weighted by atomic mass is 10.0. The average molecular weight is 519 g/mol. The zero-order valence-electron chi connectivity index (χ0n) is 19.3. The summed E-state index contributed by atoms with van der Waals surface area (Å²) in [5.74, 6) is 0.140. The van der Waals surface area contributed by atoms with E-state index >= 15 is 0 Å². The minimum absolute atomic E-state index is 0.303. The number of carbonyl (C=O) groups is 1. The van der Waals surface area contributed by atoms with Crippen LogP contribution in [0.15, 0.2) is 70.6 Å². The molecular formula is C26H20Cl2N6O2. The van der Waals surface area contributed by atoms with Crippen molar-refractivity contribution < 1.29 is 4.79 Å². The number of amides is 1. The molecule has 5 rings (SSSR count). The second-order valence-corrected chi connectivity index (χ2v) is 8.94. The molecule has 0 fully saturated rings. The number of para-hydroxylation sites is 1. The van der Waals surface area contributed by atoms with E-state index in [1.54, 1.807) is 47.0 Å². The highest BCUT2D eigenvalue weighted by Crippen LogP contribution is 2.34. The van der Waals surface area contributed by atoms with E-state index in [0.717, 1.165) is 10.9 Å². The second kappa shape index (κ2) is 9.49. The van der Waals surface area contributed by atoms with Gasteiger partial charge in [-0.3, -0.25) is 9.59 Å². The third-order valence-electron chi connectivity index (χ3n) is 5.91. The van der Waals surface area contributed by atoms with Crippen molar-refractivity contribution in [1.82, 2.24) is 20.0 Å². The Kier molecular flexibility index (Phi) is 6.22. The minimum Gasteiger partial charge on any atom is -0.323 e. The fraction of sp³-hybridized carbons (Fsp3) is 0.0769. The van der Waals surface area contributed by atoms with E-state index in [9.17, 15) is 9.59 Å². The lowest BCUT2D eigenvalue weighted by Crippen LogP contribution is -2.18. The van der Waals surface area contributed by atoms with E-state index in [4.69, 9.17) is 23.2 Å². The summed E-state index contributed by atoms with van der Waals surface area (Å²) in [5, 5.41) is 9.34. The lowest BCUT2D eigenvalue weighted by molar-refractivity contribution is 0.0955. The van der Waals surface area contributed by atoms with Crippen LogP contribution in [0.1, 0.15) is 21.6 Å². The molecule has 5 aromatic rings. The van der Waals surface area contributed by atoms with Crippen molar-refractivity contribution in [3.05, 3.63) is 97.9 Å². The number of H-pyrrole nitrogens is 1. The summed E-state index contributed by atoms with van der Waals surface area (Å²) in [4.78, 5) is 32.9. The quantitative estimate of drug-likeness (QED) is 0.210. The number of aromatic nitrogens is 3. The first kappa shape index (κ1) is 23.6. The van der Waals surface area contributed by atoms with Crippen LogP contribution in [0.5, 0.6) is 0 Å². The smallest absolute Gasteiger partial charge is 0.271 e. The summed E-state index contributed by atoms with van der Waals surface area (Å²) in [7, 11) is 1.81. The lowest BCUT2D eigenvalue weighted by Gasteiger charge is -2.10. The van der Waals surface area contributed by atoms with E-state index in [0.29, 0.717) is 49.4 Å². The molecule has 3 N–H and O–H groups in total.